The summed E-state index contributed by atoms with van der Waals surface area (Å²) in [5.74, 6) is -1.32. The Balaban J connectivity index is 1.90. The summed E-state index contributed by atoms with van der Waals surface area (Å²) in [7, 11) is 0. The quantitative estimate of drug-likeness (QED) is 0.619. The predicted molar refractivity (Wildman–Crippen MR) is 109 cm³/mol. The second-order valence-electron chi connectivity index (χ2n) is 7.58. The second kappa shape index (κ2) is 13.1. The van der Waals surface area contributed by atoms with Gasteiger partial charge in [0, 0.05) is 19.4 Å². The van der Waals surface area contributed by atoms with E-state index in [1.807, 2.05) is 30.3 Å². The molecule has 0 aliphatic carbocycles. The molecule has 1 saturated heterocycles. The Morgan fingerprint density at radius 1 is 0.893 bits per heavy atom. The van der Waals surface area contributed by atoms with E-state index in [0.29, 0.717) is 19.4 Å². The summed E-state index contributed by atoms with van der Waals surface area (Å²) in [6.07, 6.45) is 9.73. The van der Waals surface area contributed by atoms with Crippen molar-refractivity contribution in [3.63, 3.8) is 0 Å². The van der Waals surface area contributed by atoms with Crippen molar-refractivity contribution in [1.82, 2.24) is 5.32 Å². The molecule has 1 aromatic carbocycles. The molecule has 1 N–H and O–H groups in total. The van der Waals surface area contributed by atoms with E-state index in [0.717, 1.165) is 37.7 Å². The molecule has 0 saturated carbocycles. The SMILES string of the molecule is O=C1CCCCCCCCCCC(C(=O)OCc2ccccc2)C(=O)CCN1. The van der Waals surface area contributed by atoms with Crippen LogP contribution in [0, 0.1) is 5.92 Å². The van der Waals surface area contributed by atoms with Gasteiger partial charge in [-0.3, -0.25) is 14.4 Å². The van der Waals surface area contributed by atoms with Gasteiger partial charge in [-0.05, 0) is 18.4 Å². The van der Waals surface area contributed by atoms with Gasteiger partial charge in [0.05, 0.1) is 0 Å². The van der Waals surface area contributed by atoms with E-state index in [1.54, 1.807) is 0 Å². The summed E-state index contributed by atoms with van der Waals surface area (Å²) >= 11 is 0. The van der Waals surface area contributed by atoms with Gasteiger partial charge in [-0.1, -0.05) is 75.3 Å². The summed E-state index contributed by atoms with van der Waals surface area (Å²) in [5.41, 5.74) is 0.906. The molecule has 1 aliphatic heterocycles. The van der Waals surface area contributed by atoms with Crippen molar-refractivity contribution >= 4 is 17.7 Å². The van der Waals surface area contributed by atoms with Crippen molar-refractivity contribution in [1.29, 1.82) is 0 Å². The van der Waals surface area contributed by atoms with Crippen LogP contribution in [0.1, 0.15) is 76.2 Å². The van der Waals surface area contributed by atoms with Gasteiger partial charge in [-0.25, -0.2) is 0 Å². The number of hydrogen-bond donors (Lipinski definition) is 1. The highest BCUT2D eigenvalue weighted by atomic mass is 16.5. The number of ketones is 1. The first kappa shape index (κ1) is 22.1. The first-order valence-electron chi connectivity index (χ1n) is 10.7. The largest absolute Gasteiger partial charge is 0.460 e. The van der Waals surface area contributed by atoms with Crippen molar-refractivity contribution in [2.45, 2.75) is 77.2 Å². The molecule has 0 radical (unpaired) electrons. The summed E-state index contributed by atoms with van der Waals surface area (Å²) in [6.45, 7) is 0.473. The van der Waals surface area contributed by atoms with Gasteiger partial charge in [-0.2, -0.15) is 0 Å². The smallest absolute Gasteiger partial charge is 0.316 e. The lowest BCUT2D eigenvalue weighted by Crippen LogP contribution is -2.31. The predicted octanol–water partition coefficient (Wildman–Crippen LogP) is 4.34. The molecular formula is C23H33NO4. The minimum atomic E-state index is -0.728. The van der Waals surface area contributed by atoms with E-state index in [9.17, 15) is 14.4 Å². The topological polar surface area (TPSA) is 72.5 Å². The molecule has 2 rings (SSSR count). The summed E-state index contributed by atoms with van der Waals surface area (Å²) < 4.78 is 5.42. The fourth-order valence-electron chi connectivity index (χ4n) is 3.52. The van der Waals surface area contributed by atoms with Crippen LogP contribution in [0.3, 0.4) is 0 Å². The molecule has 0 bridgehead atoms. The third-order valence-corrected chi connectivity index (χ3v) is 5.24. The third-order valence-electron chi connectivity index (χ3n) is 5.24. The van der Waals surface area contributed by atoms with Crippen LogP contribution in [0.2, 0.25) is 0 Å². The number of hydrogen-bond acceptors (Lipinski definition) is 4. The highest BCUT2D eigenvalue weighted by Gasteiger charge is 2.27. The highest BCUT2D eigenvalue weighted by Crippen LogP contribution is 2.18. The fraction of sp³-hybridized carbons (Fsp3) is 0.609. The van der Waals surface area contributed by atoms with Crippen LogP contribution in [0.4, 0.5) is 0 Å². The van der Waals surface area contributed by atoms with Crippen molar-refractivity contribution in [3.8, 4) is 0 Å². The molecule has 5 nitrogen and oxygen atoms in total. The zero-order valence-corrected chi connectivity index (χ0v) is 16.8. The van der Waals surface area contributed by atoms with Crippen LogP contribution in [0.15, 0.2) is 30.3 Å². The third kappa shape index (κ3) is 8.68. The standard InChI is InChI=1S/C23H33NO4/c25-21-16-17-24-22(26)15-11-6-4-2-1-3-5-10-14-20(21)23(27)28-18-19-12-8-7-9-13-19/h7-9,12-13,20H,1-6,10-11,14-18H2,(H,24,26). The normalized spacial score (nSPS) is 20.9. The summed E-state index contributed by atoms with van der Waals surface area (Å²) in [4.78, 5) is 37.0. The van der Waals surface area contributed by atoms with Crippen LogP contribution in [-0.4, -0.2) is 24.2 Å². The number of benzene rings is 1. The van der Waals surface area contributed by atoms with Crippen LogP contribution in [0.25, 0.3) is 0 Å². The molecule has 1 atom stereocenters. The lowest BCUT2D eigenvalue weighted by Gasteiger charge is -2.16. The van der Waals surface area contributed by atoms with E-state index >= 15 is 0 Å². The molecule has 0 aromatic heterocycles. The maximum Gasteiger partial charge on any atom is 0.316 e. The van der Waals surface area contributed by atoms with Gasteiger partial charge in [0.2, 0.25) is 5.91 Å². The molecule has 1 aromatic rings. The first-order valence-corrected chi connectivity index (χ1v) is 10.7. The number of nitrogens with one attached hydrogen (secondary N) is 1. The summed E-state index contributed by atoms with van der Waals surface area (Å²) in [6, 6.07) is 9.48. The van der Waals surface area contributed by atoms with Crippen molar-refractivity contribution < 1.29 is 19.1 Å². The minimum Gasteiger partial charge on any atom is -0.460 e. The average Bonchev–Trinajstić information content (AvgIpc) is 2.70. The van der Waals surface area contributed by atoms with Gasteiger partial charge in [0.15, 0.2) is 0 Å². The van der Waals surface area contributed by atoms with Gasteiger partial charge in [-0.15, -0.1) is 0 Å². The number of rotatable bonds is 3. The Bertz CT molecular complexity index is 614. The Morgan fingerprint density at radius 3 is 2.25 bits per heavy atom. The van der Waals surface area contributed by atoms with Crippen molar-refractivity contribution in [3.05, 3.63) is 35.9 Å². The fourth-order valence-corrected chi connectivity index (χ4v) is 3.52. The van der Waals surface area contributed by atoms with Gasteiger partial charge >= 0.3 is 5.97 Å². The number of esters is 1. The maximum atomic E-state index is 12.6. The number of carbonyl (C=O) groups is 3. The van der Waals surface area contributed by atoms with Gasteiger partial charge in [0.25, 0.3) is 0 Å². The number of ether oxygens (including phenoxy) is 1. The van der Waals surface area contributed by atoms with Gasteiger partial charge < -0.3 is 10.1 Å². The van der Waals surface area contributed by atoms with Crippen LogP contribution < -0.4 is 5.32 Å². The summed E-state index contributed by atoms with van der Waals surface area (Å²) in [5, 5.41) is 2.80. The molecule has 154 valence electrons. The molecule has 1 amide bonds. The highest BCUT2D eigenvalue weighted by molar-refractivity contribution is 5.99. The monoisotopic (exact) mass is 387 g/mol. The molecule has 0 spiro atoms. The second-order valence-corrected chi connectivity index (χ2v) is 7.58. The molecule has 1 heterocycles. The number of carbonyl (C=O) groups excluding carboxylic acids is 3. The molecule has 1 aliphatic rings. The van der Waals surface area contributed by atoms with Crippen molar-refractivity contribution in [2.24, 2.45) is 5.92 Å². The lowest BCUT2D eigenvalue weighted by atomic mass is 9.94. The van der Waals surface area contributed by atoms with Crippen molar-refractivity contribution in [2.75, 3.05) is 6.54 Å². The molecule has 1 unspecified atom stereocenters. The maximum absolute atomic E-state index is 12.6. The molecule has 5 heteroatoms. The van der Waals surface area contributed by atoms with Gasteiger partial charge in [0.1, 0.15) is 18.3 Å². The van der Waals surface area contributed by atoms with E-state index in [1.165, 1.54) is 19.3 Å². The lowest BCUT2D eigenvalue weighted by molar-refractivity contribution is -0.153. The van der Waals surface area contributed by atoms with Crippen LogP contribution >= 0.6 is 0 Å². The Morgan fingerprint density at radius 2 is 1.54 bits per heavy atom. The first-order chi connectivity index (χ1) is 13.7. The van der Waals surface area contributed by atoms with E-state index in [-0.39, 0.29) is 24.7 Å². The Labute approximate surface area is 168 Å². The zero-order valence-electron chi connectivity index (χ0n) is 16.8. The number of amides is 1. The van der Waals surface area contributed by atoms with E-state index in [2.05, 4.69) is 5.32 Å². The zero-order chi connectivity index (χ0) is 20.0. The van der Waals surface area contributed by atoms with Crippen LogP contribution in [0.5, 0.6) is 0 Å². The van der Waals surface area contributed by atoms with E-state index in [4.69, 9.17) is 4.74 Å². The number of Topliss-reactive ketones (excluding diaryl/α,β-unsaturated/α-hetero) is 1. The molecule has 1 fully saturated rings. The Hall–Kier alpha value is -2.17. The minimum absolute atomic E-state index is 0.0110. The Kier molecular flexibility index (Phi) is 10.3. The van der Waals surface area contributed by atoms with E-state index < -0.39 is 11.9 Å². The molecule has 28 heavy (non-hydrogen) atoms. The molecular weight excluding hydrogens is 354 g/mol. The van der Waals surface area contributed by atoms with Crippen LogP contribution in [-0.2, 0) is 25.7 Å². The average molecular weight is 388 g/mol.